The van der Waals surface area contributed by atoms with Gasteiger partial charge in [0.2, 0.25) is 0 Å². The van der Waals surface area contributed by atoms with Crippen molar-refractivity contribution in [1.82, 2.24) is 0 Å². The molecule has 0 N–H and O–H groups in total. The molecule has 4 aromatic rings. The van der Waals surface area contributed by atoms with E-state index in [1.165, 1.54) is 0 Å². The lowest BCUT2D eigenvalue weighted by Crippen LogP contribution is -2.38. The number of rotatable bonds is 8. The van der Waals surface area contributed by atoms with Crippen LogP contribution in [0.2, 0.25) is 0 Å². The summed E-state index contributed by atoms with van der Waals surface area (Å²) < 4.78 is 12.1. The summed E-state index contributed by atoms with van der Waals surface area (Å²) in [6, 6.07) is 35.4. The summed E-state index contributed by atoms with van der Waals surface area (Å²) in [5.41, 5.74) is 3.59. The molecule has 0 spiro atoms. The van der Waals surface area contributed by atoms with Crippen LogP contribution in [0.5, 0.6) is 11.5 Å². The topological polar surface area (TPSA) is 54.4 Å². The number of carbonyl (C=O) groups is 1. The van der Waals surface area contributed by atoms with E-state index in [2.05, 4.69) is 0 Å². The molecule has 0 aromatic heterocycles. The highest BCUT2D eigenvalue weighted by molar-refractivity contribution is 6.44. The van der Waals surface area contributed by atoms with Gasteiger partial charge in [0.1, 0.15) is 6.61 Å². The summed E-state index contributed by atoms with van der Waals surface area (Å²) in [7, 11) is 1.63. The molecule has 6 nitrogen and oxygen atoms in total. The lowest BCUT2D eigenvalue weighted by molar-refractivity contribution is -0.111. The third-order valence-corrected chi connectivity index (χ3v) is 6.01. The average Bonchev–Trinajstić information content (AvgIpc) is 3.34. The zero-order valence-corrected chi connectivity index (χ0v) is 20.2. The third kappa shape index (κ3) is 4.53. The third-order valence-electron chi connectivity index (χ3n) is 6.01. The maximum atomic E-state index is 12.8. The van der Waals surface area contributed by atoms with Crippen LogP contribution in [0.25, 0.3) is 0 Å². The number of hydrogen-bond acceptors (Lipinski definition) is 6. The molecule has 1 heterocycles. The number of hydrogen-bond donors (Lipinski definition) is 0. The molecule has 6 heteroatoms. The second-order valence-electron chi connectivity index (χ2n) is 8.39. The van der Waals surface area contributed by atoms with Gasteiger partial charge in [-0.05, 0) is 35.9 Å². The Morgan fingerprint density at radius 2 is 1.42 bits per heavy atom. The highest BCUT2D eigenvalue weighted by Gasteiger charge is 2.41. The van der Waals surface area contributed by atoms with Gasteiger partial charge in [-0.25, -0.2) is 5.01 Å². The summed E-state index contributed by atoms with van der Waals surface area (Å²) >= 11 is 0. The number of nitrogens with zero attached hydrogens (tertiary/aromatic N) is 3. The molecule has 0 saturated heterocycles. The van der Waals surface area contributed by atoms with Gasteiger partial charge in [-0.3, -0.25) is 9.69 Å². The zero-order chi connectivity index (χ0) is 24.9. The Morgan fingerprint density at radius 1 is 0.806 bits per heavy atom. The number of amidine groups is 1. The van der Waals surface area contributed by atoms with E-state index in [1.54, 1.807) is 14.0 Å². The van der Waals surface area contributed by atoms with Crippen LogP contribution in [0.1, 0.15) is 24.2 Å². The zero-order valence-electron chi connectivity index (χ0n) is 20.2. The van der Waals surface area contributed by atoms with E-state index in [4.69, 9.17) is 14.6 Å². The van der Waals surface area contributed by atoms with Crippen LogP contribution in [-0.2, 0) is 11.4 Å². The number of ether oxygens (including phenoxy) is 2. The Labute approximate surface area is 211 Å². The first-order chi connectivity index (χ1) is 17.7. The summed E-state index contributed by atoms with van der Waals surface area (Å²) in [5.74, 6) is 1.44. The molecule has 0 aliphatic carbocycles. The minimum Gasteiger partial charge on any atom is -0.493 e. The molecule has 4 aromatic carbocycles. The molecule has 1 aliphatic heterocycles. The molecule has 0 amide bonds. The Hall–Kier alpha value is -4.58. The molecule has 5 rings (SSSR count). The van der Waals surface area contributed by atoms with E-state index in [-0.39, 0.29) is 5.78 Å². The molecule has 0 saturated carbocycles. The van der Waals surface area contributed by atoms with Crippen molar-refractivity contribution in [2.45, 2.75) is 19.7 Å². The second kappa shape index (κ2) is 10.4. The van der Waals surface area contributed by atoms with Crippen LogP contribution >= 0.6 is 0 Å². The Bertz CT molecular complexity index is 1360. The summed E-state index contributed by atoms with van der Waals surface area (Å²) in [5, 5.41) is 6.69. The van der Waals surface area contributed by atoms with Crippen LogP contribution in [0.3, 0.4) is 0 Å². The van der Waals surface area contributed by atoms with Crippen molar-refractivity contribution < 1.29 is 14.3 Å². The smallest absolute Gasteiger partial charge is 0.198 e. The molecule has 0 fully saturated rings. The number of methoxy groups -OCH3 is 1. The van der Waals surface area contributed by atoms with Crippen molar-refractivity contribution in [2.24, 2.45) is 5.10 Å². The van der Waals surface area contributed by atoms with Crippen molar-refractivity contribution in [1.29, 1.82) is 0 Å². The standard InChI is InChI=1S/C30H27N3O3/c1-22(34)29-31-33(25-17-10-5-11-18-25)30(32(29)24-15-8-4-9-16-24)26-19-12-20-27(35-2)28(26)36-21-23-13-6-3-7-14-23/h3-20,30H,21H2,1-2H3/t30-/m1/s1. The first-order valence-corrected chi connectivity index (χ1v) is 11.8. The van der Waals surface area contributed by atoms with E-state index >= 15 is 0 Å². The number of Topliss-reactive ketones (excluding diaryl/α,β-unsaturated/α-hetero) is 1. The molecular weight excluding hydrogens is 450 g/mol. The molecule has 180 valence electrons. The number of carbonyl (C=O) groups excluding carboxylic acids is 1. The van der Waals surface area contributed by atoms with Crippen LogP contribution < -0.4 is 19.4 Å². The van der Waals surface area contributed by atoms with E-state index < -0.39 is 6.17 Å². The fourth-order valence-electron chi connectivity index (χ4n) is 4.35. The monoisotopic (exact) mass is 477 g/mol. The van der Waals surface area contributed by atoms with Gasteiger partial charge in [0.05, 0.1) is 12.8 Å². The van der Waals surface area contributed by atoms with Gasteiger partial charge >= 0.3 is 0 Å². The van der Waals surface area contributed by atoms with Gasteiger partial charge in [0.15, 0.2) is 29.3 Å². The van der Waals surface area contributed by atoms with Crippen molar-refractivity contribution >= 4 is 23.0 Å². The first-order valence-electron chi connectivity index (χ1n) is 11.8. The molecule has 0 unspecified atom stereocenters. The van der Waals surface area contributed by atoms with Gasteiger partial charge in [-0.2, -0.15) is 0 Å². The van der Waals surface area contributed by atoms with Gasteiger partial charge in [0, 0.05) is 18.2 Å². The number of anilines is 2. The SMILES string of the molecule is COc1cccc([C@H]2N(c3ccccc3)N=C(C(C)=O)N2c2ccccc2)c1OCc1ccccc1. The molecule has 0 radical (unpaired) electrons. The molecule has 36 heavy (non-hydrogen) atoms. The van der Waals surface area contributed by atoms with Crippen LogP contribution in [-0.4, -0.2) is 18.7 Å². The van der Waals surface area contributed by atoms with Crippen LogP contribution in [0.4, 0.5) is 11.4 Å². The van der Waals surface area contributed by atoms with Crippen molar-refractivity contribution in [3.8, 4) is 11.5 Å². The Balaban J connectivity index is 1.67. The van der Waals surface area contributed by atoms with E-state index in [0.29, 0.717) is 23.9 Å². The second-order valence-corrected chi connectivity index (χ2v) is 8.39. The number of hydrazone groups is 1. The maximum absolute atomic E-state index is 12.8. The highest BCUT2D eigenvalue weighted by Crippen LogP contribution is 2.45. The molecule has 0 bridgehead atoms. The molecule has 1 aliphatic rings. The van der Waals surface area contributed by atoms with Gasteiger partial charge in [-0.1, -0.05) is 78.9 Å². The lowest BCUT2D eigenvalue weighted by atomic mass is 10.1. The summed E-state index contributed by atoms with van der Waals surface area (Å²) in [6.45, 7) is 1.91. The Kier molecular flexibility index (Phi) is 6.67. The van der Waals surface area contributed by atoms with Crippen LogP contribution in [0, 0.1) is 0 Å². The van der Waals surface area contributed by atoms with Crippen molar-refractivity contribution in [2.75, 3.05) is 17.0 Å². The predicted molar refractivity (Wildman–Crippen MR) is 142 cm³/mol. The van der Waals surface area contributed by atoms with Crippen LogP contribution in [0.15, 0.2) is 114 Å². The lowest BCUT2D eigenvalue weighted by Gasteiger charge is -2.33. The van der Waals surface area contributed by atoms with Gasteiger partial charge < -0.3 is 9.47 Å². The number of ketones is 1. The number of para-hydroxylation sites is 3. The van der Waals surface area contributed by atoms with E-state index in [0.717, 1.165) is 22.5 Å². The quantitative estimate of drug-likeness (QED) is 0.302. The molecule has 1 atom stereocenters. The van der Waals surface area contributed by atoms with Crippen molar-refractivity contribution in [3.63, 3.8) is 0 Å². The maximum Gasteiger partial charge on any atom is 0.198 e. The largest absolute Gasteiger partial charge is 0.493 e. The fraction of sp³-hybridized carbons (Fsp3) is 0.133. The Morgan fingerprint density at radius 3 is 2.03 bits per heavy atom. The average molecular weight is 478 g/mol. The van der Waals surface area contributed by atoms with E-state index in [1.807, 2.05) is 119 Å². The minimum atomic E-state index is -0.477. The van der Waals surface area contributed by atoms with Gasteiger partial charge in [0.25, 0.3) is 0 Å². The number of benzene rings is 4. The molecular formula is C30H27N3O3. The normalized spacial score (nSPS) is 14.9. The first kappa shape index (κ1) is 23.2. The summed E-state index contributed by atoms with van der Waals surface area (Å²) in [4.78, 5) is 14.8. The minimum absolute atomic E-state index is 0.128. The van der Waals surface area contributed by atoms with Crippen molar-refractivity contribution in [3.05, 3.63) is 120 Å². The van der Waals surface area contributed by atoms with Gasteiger partial charge in [-0.15, -0.1) is 5.10 Å². The highest BCUT2D eigenvalue weighted by atomic mass is 16.5. The summed E-state index contributed by atoms with van der Waals surface area (Å²) in [6.07, 6.45) is -0.477. The fourth-order valence-corrected chi connectivity index (χ4v) is 4.35. The van der Waals surface area contributed by atoms with E-state index in [9.17, 15) is 4.79 Å². The predicted octanol–water partition coefficient (Wildman–Crippen LogP) is 6.20.